The summed E-state index contributed by atoms with van der Waals surface area (Å²) in [7, 11) is 0. The van der Waals surface area contributed by atoms with Crippen LogP contribution < -0.4 is 0 Å². The zero-order chi connectivity index (χ0) is 23.4. The van der Waals surface area contributed by atoms with Crippen molar-refractivity contribution in [1.82, 2.24) is 8.97 Å². The van der Waals surface area contributed by atoms with Gasteiger partial charge in [0.2, 0.25) is 0 Å². The van der Waals surface area contributed by atoms with E-state index in [4.69, 9.17) is 0 Å². The standard InChI is InChI=1S/C34H20N2/c1-2-9-21(10-3-1)35-29-15-6-4-12-23(29)26-18-17-24-27(33(26)35)19-20-31-32(24)28-14-8-13-25-22-11-5-7-16-30(22)36(31)34(25)28/h1-20H. The number of fused-ring (bicyclic) bond motifs is 12. The fraction of sp³-hybridized carbons (Fsp3) is 0. The summed E-state index contributed by atoms with van der Waals surface area (Å²) < 4.78 is 4.90. The Kier molecular flexibility index (Phi) is 3.31. The molecule has 0 unspecified atom stereocenters. The molecule has 0 aliphatic carbocycles. The lowest BCUT2D eigenvalue weighted by Crippen LogP contribution is -1.94. The van der Waals surface area contributed by atoms with Crippen molar-refractivity contribution in [3.63, 3.8) is 0 Å². The molecule has 9 rings (SSSR count). The molecule has 0 N–H and O–H groups in total. The largest absolute Gasteiger partial charge is 0.309 e. The van der Waals surface area contributed by atoms with E-state index in [0.717, 1.165) is 0 Å². The molecule has 166 valence electrons. The van der Waals surface area contributed by atoms with Gasteiger partial charge < -0.3 is 8.97 Å². The number of benzene rings is 6. The van der Waals surface area contributed by atoms with Gasteiger partial charge in [0.25, 0.3) is 0 Å². The molecule has 0 aliphatic heterocycles. The lowest BCUT2D eigenvalue weighted by Gasteiger charge is -2.10. The highest BCUT2D eigenvalue weighted by atomic mass is 15.0. The molecule has 2 nitrogen and oxygen atoms in total. The summed E-state index contributed by atoms with van der Waals surface area (Å²) in [4.78, 5) is 0. The smallest absolute Gasteiger partial charge is 0.0620 e. The highest BCUT2D eigenvalue weighted by Crippen LogP contribution is 2.44. The van der Waals surface area contributed by atoms with E-state index in [9.17, 15) is 0 Å². The molecular weight excluding hydrogens is 436 g/mol. The Balaban J connectivity index is 1.55. The van der Waals surface area contributed by atoms with Crippen LogP contribution in [0.2, 0.25) is 0 Å². The molecule has 0 aliphatic rings. The first-order valence-corrected chi connectivity index (χ1v) is 12.5. The van der Waals surface area contributed by atoms with Gasteiger partial charge in [0.1, 0.15) is 0 Å². The predicted octanol–water partition coefficient (Wildman–Crippen LogP) is 9.09. The van der Waals surface area contributed by atoms with Crippen LogP contribution in [0.25, 0.3) is 76.4 Å². The molecule has 6 aromatic carbocycles. The van der Waals surface area contributed by atoms with Gasteiger partial charge in [0.15, 0.2) is 0 Å². The fourth-order valence-electron chi connectivity index (χ4n) is 6.64. The van der Waals surface area contributed by atoms with Gasteiger partial charge >= 0.3 is 0 Å². The van der Waals surface area contributed by atoms with Gasteiger partial charge in [-0.15, -0.1) is 0 Å². The molecule has 3 heterocycles. The number of hydrogen-bond acceptors (Lipinski definition) is 0. The summed E-state index contributed by atoms with van der Waals surface area (Å²) in [6.45, 7) is 0. The molecule has 0 bridgehead atoms. The van der Waals surface area contributed by atoms with Crippen molar-refractivity contribution in [3.05, 3.63) is 121 Å². The Hall–Kier alpha value is -4.82. The van der Waals surface area contributed by atoms with Gasteiger partial charge in [-0.3, -0.25) is 0 Å². The number of para-hydroxylation sites is 4. The average molecular weight is 457 g/mol. The van der Waals surface area contributed by atoms with Crippen molar-refractivity contribution in [2.24, 2.45) is 0 Å². The Morgan fingerprint density at radius 2 is 0.917 bits per heavy atom. The SMILES string of the molecule is c1ccc(-n2c3ccccc3c3ccc4c(ccc5c4c4cccc6c7ccccc7n5c64)c32)cc1. The van der Waals surface area contributed by atoms with Crippen molar-refractivity contribution in [2.75, 3.05) is 0 Å². The van der Waals surface area contributed by atoms with Crippen LogP contribution in [0.5, 0.6) is 0 Å². The quantitative estimate of drug-likeness (QED) is 0.233. The highest BCUT2D eigenvalue weighted by molar-refractivity contribution is 6.31. The molecule has 0 radical (unpaired) electrons. The van der Waals surface area contributed by atoms with E-state index >= 15 is 0 Å². The Bertz CT molecular complexity index is 2300. The van der Waals surface area contributed by atoms with Crippen LogP contribution in [0.3, 0.4) is 0 Å². The summed E-state index contributed by atoms with van der Waals surface area (Å²) in [5.74, 6) is 0. The van der Waals surface area contributed by atoms with Crippen LogP contribution in [0.1, 0.15) is 0 Å². The lowest BCUT2D eigenvalue weighted by molar-refractivity contribution is 1.19. The normalized spacial score (nSPS) is 12.4. The summed E-state index contributed by atoms with van der Waals surface area (Å²) in [5, 5.41) is 10.5. The van der Waals surface area contributed by atoms with E-state index in [1.807, 2.05) is 0 Å². The molecule has 3 aromatic heterocycles. The molecule has 0 amide bonds. The van der Waals surface area contributed by atoms with Crippen molar-refractivity contribution in [2.45, 2.75) is 0 Å². The summed E-state index contributed by atoms with van der Waals surface area (Å²) in [6.07, 6.45) is 0. The van der Waals surface area contributed by atoms with E-state index in [2.05, 4.69) is 130 Å². The second-order valence-electron chi connectivity index (χ2n) is 9.76. The molecule has 0 saturated carbocycles. The minimum atomic E-state index is 1.19. The molecule has 36 heavy (non-hydrogen) atoms. The molecule has 0 atom stereocenters. The second kappa shape index (κ2) is 6.44. The maximum absolute atomic E-state index is 2.46. The van der Waals surface area contributed by atoms with Crippen molar-refractivity contribution in [3.8, 4) is 5.69 Å². The molecular formula is C34H20N2. The zero-order valence-electron chi connectivity index (χ0n) is 19.4. The third-order valence-electron chi connectivity index (χ3n) is 8.03. The van der Waals surface area contributed by atoms with E-state index in [1.165, 1.54) is 76.4 Å². The van der Waals surface area contributed by atoms with Crippen molar-refractivity contribution in [1.29, 1.82) is 0 Å². The number of hydrogen-bond donors (Lipinski definition) is 0. The third-order valence-corrected chi connectivity index (χ3v) is 8.03. The highest BCUT2D eigenvalue weighted by Gasteiger charge is 2.20. The van der Waals surface area contributed by atoms with E-state index < -0.39 is 0 Å². The molecule has 0 fully saturated rings. The molecule has 0 saturated heterocycles. The Labute approximate surface area is 206 Å². The van der Waals surface area contributed by atoms with Gasteiger partial charge in [-0.05, 0) is 35.7 Å². The predicted molar refractivity (Wildman–Crippen MR) is 153 cm³/mol. The Morgan fingerprint density at radius 3 is 1.78 bits per heavy atom. The lowest BCUT2D eigenvalue weighted by atomic mass is 10.00. The number of aromatic nitrogens is 2. The Morgan fingerprint density at radius 1 is 0.333 bits per heavy atom. The maximum Gasteiger partial charge on any atom is 0.0620 e. The van der Waals surface area contributed by atoms with E-state index in [1.54, 1.807) is 0 Å². The van der Waals surface area contributed by atoms with Gasteiger partial charge in [0, 0.05) is 43.4 Å². The zero-order valence-corrected chi connectivity index (χ0v) is 19.4. The fourth-order valence-corrected chi connectivity index (χ4v) is 6.64. The summed E-state index contributed by atoms with van der Waals surface area (Å²) >= 11 is 0. The van der Waals surface area contributed by atoms with Crippen LogP contribution in [0, 0.1) is 0 Å². The van der Waals surface area contributed by atoms with Crippen LogP contribution in [0.4, 0.5) is 0 Å². The van der Waals surface area contributed by atoms with Gasteiger partial charge in [-0.2, -0.15) is 0 Å². The van der Waals surface area contributed by atoms with Gasteiger partial charge in [-0.25, -0.2) is 0 Å². The molecule has 9 aromatic rings. The minimum absolute atomic E-state index is 1.19. The monoisotopic (exact) mass is 456 g/mol. The molecule has 0 spiro atoms. The maximum atomic E-state index is 2.46. The van der Waals surface area contributed by atoms with Gasteiger partial charge in [0.05, 0.1) is 27.6 Å². The number of nitrogens with zero attached hydrogens (tertiary/aromatic N) is 2. The van der Waals surface area contributed by atoms with Crippen molar-refractivity contribution >= 4 is 70.7 Å². The first kappa shape index (κ1) is 18.5. The van der Waals surface area contributed by atoms with Gasteiger partial charge in [-0.1, -0.05) is 91.0 Å². The van der Waals surface area contributed by atoms with Crippen LogP contribution in [-0.2, 0) is 0 Å². The summed E-state index contributed by atoms with van der Waals surface area (Å²) in [5.41, 5.74) is 7.58. The summed E-state index contributed by atoms with van der Waals surface area (Å²) in [6, 6.07) is 44.4. The van der Waals surface area contributed by atoms with E-state index in [-0.39, 0.29) is 0 Å². The van der Waals surface area contributed by atoms with Crippen molar-refractivity contribution < 1.29 is 0 Å². The first-order valence-electron chi connectivity index (χ1n) is 12.5. The first-order chi connectivity index (χ1) is 17.9. The minimum Gasteiger partial charge on any atom is -0.309 e. The third kappa shape index (κ3) is 2.09. The van der Waals surface area contributed by atoms with Crippen LogP contribution in [0.15, 0.2) is 121 Å². The van der Waals surface area contributed by atoms with Crippen LogP contribution >= 0.6 is 0 Å². The second-order valence-corrected chi connectivity index (χ2v) is 9.76. The molecule has 2 heteroatoms. The number of rotatable bonds is 1. The topological polar surface area (TPSA) is 9.34 Å². The van der Waals surface area contributed by atoms with Crippen LogP contribution in [-0.4, -0.2) is 8.97 Å². The van der Waals surface area contributed by atoms with E-state index in [0.29, 0.717) is 0 Å². The average Bonchev–Trinajstić information content (AvgIpc) is 3.58.